The lowest BCUT2D eigenvalue weighted by atomic mass is 9.84. The maximum Gasteiger partial charge on any atom is 0.0657 e. The van der Waals surface area contributed by atoms with Crippen LogP contribution in [0.25, 0.3) is 0 Å². The summed E-state index contributed by atoms with van der Waals surface area (Å²) in [6, 6.07) is 11.0. The van der Waals surface area contributed by atoms with Crippen molar-refractivity contribution in [2.75, 3.05) is 20.3 Å². The normalized spacial score (nSPS) is 25.2. The molecular weight excluding hydrogens is 238 g/mol. The standard InChI is InChI=1S/C16H25NO2/c1-19-12-16(13-7-3-2-4-8-13)17-15-10-6-5-9-14(15)11-18/h2-4,7-8,14-18H,5-6,9-12H2,1H3. The average Bonchev–Trinajstić information content (AvgIpc) is 2.48. The highest BCUT2D eigenvalue weighted by Crippen LogP contribution is 2.26. The molecule has 3 unspecified atom stereocenters. The van der Waals surface area contributed by atoms with Crippen LogP contribution in [0, 0.1) is 5.92 Å². The number of methoxy groups -OCH3 is 1. The van der Waals surface area contributed by atoms with E-state index in [0.29, 0.717) is 18.6 Å². The maximum atomic E-state index is 9.50. The van der Waals surface area contributed by atoms with Gasteiger partial charge in [-0.3, -0.25) is 0 Å². The van der Waals surface area contributed by atoms with E-state index in [-0.39, 0.29) is 12.6 Å². The number of ether oxygens (including phenoxy) is 1. The van der Waals surface area contributed by atoms with Crippen LogP contribution in [0.3, 0.4) is 0 Å². The molecule has 2 N–H and O–H groups in total. The molecule has 0 saturated heterocycles. The van der Waals surface area contributed by atoms with Gasteiger partial charge in [-0.1, -0.05) is 43.2 Å². The Morgan fingerprint density at radius 1 is 1.26 bits per heavy atom. The smallest absolute Gasteiger partial charge is 0.0657 e. The van der Waals surface area contributed by atoms with E-state index in [9.17, 15) is 5.11 Å². The number of aliphatic hydroxyl groups is 1. The topological polar surface area (TPSA) is 41.5 Å². The van der Waals surface area contributed by atoms with E-state index in [1.165, 1.54) is 18.4 Å². The van der Waals surface area contributed by atoms with Gasteiger partial charge in [0, 0.05) is 19.8 Å². The van der Waals surface area contributed by atoms with Crippen molar-refractivity contribution in [2.45, 2.75) is 37.8 Å². The number of benzene rings is 1. The quantitative estimate of drug-likeness (QED) is 0.828. The zero-order valence-electron chi connectivity index (χ0n) is 11.7. The Morgan fingerprint density at radius 3 is 2.68 bits per heavy atom. The van der Waals surface area contributed by atoms with E-state index in [0.717, 1.165) is 12.8 Å². The third-order valence-corrected chi connectivity index (χ3v) is 4.09. The first-order valence-electron chi connectivity index (χ1n) is 7.26. The molecule has 0 bridgehead atoms. The summed E-state index contributed by atoms with van der Waals surface area (Å²) in [6.07, 6.45) is 4.77. The van der Waals surface area contributed by atoms with Crippen molar-refractivity contribution in [1.82, 2.24) is 5.32 Å². The minimum absolute atomic E-state index is 0.211. The van der Waals surface area contributed by atoms with Gasteiger partial charge < -0.3 is 15.2 Å². The van der Waals surface area contributed by atoms with Gasteiger partial charge in [0.25, 0.3) is 0 Å². The van der Waals surface area contributed by atoms with Gasteiger partial charge in [0.2, 0.25) is 0 Å². The van der Waals surface area contributed by atoms with Gasteiger partial charge in [-0.05, 0) is 24.3 Å². The first-order valence-corrected chi connectivity index (χ1v) is 7.26. The molecule has 19 heavy (non-hydrogen) atoms. The minimum atomic E-state index is 0.211. The molecule has 3 heteroatoms. The summed E-state index contributed by atoms with van der Waals surface area (Å²) >= 11 is 0. The van der Waals surface area contributed by atoms with Crippen LogP contribution >= 0.6 is 0 Å². The number of aliphatic hydroxyl groups excluding tert-OH is 1. The summed E-state index contributed by atoms with van der Waals surface area (Å²) in [5.74, 6) is 0.386. The Labute approximate surface area is 116 Å². The van der Waals surface area contributed by atoms with Gasteiger partial charge in [-0.15, -0.1) is 0 Å². The number of rotatable bonds is 6. The van der Waals surface area contributed by atoms with Gasteiger partial charge in [0.05, 0.1) is 12.6 Å². The molecule has 1 fully saturated rings. The molecular formula is C16H25NO2. The highest BCUT2D eigenvalue weighted by atomic mass is 16.5. The van der Waals surface area contributed by atoms with E-state index >= 15 is 0 Å². The molecule has 1 aromatic carbocycles. The SMILES string of the molecule is COCC(NC1CCCCC1CO)c1ccccc1. The molecule has 2 rings (SSSR count). The van der Waals surface area contributed by atoms with Crippen LogP contribution < -0.4 is 5.32 Å². The van der Waals surface area contributed by atoms with Crippen molar-refractivity contribution in [2.24, 2.45) is 5.92 Å². The Bertz CT molecular complexity index is 355. The van der Waals surface area contributed by atoms with Crippen LogP contribution in [-0.2, 0) is 4.74 Å². The van der Waals surface area contributed by atoms with E-state index in [1.807, 2.05) is 6.07 Å². The molecule has 1 aromatic rings. The molecule has 0 aromatic heterocycles. The zero-order valence-corrected chi connectivity index (χ0v) is 11.7. The van der Waals surface area contributed by atoms with E-state index in [2.05, 4.69) is 29.6 Å². The summed E-state index contributed by atoms with van der Waals surface area (Å²) in [5, 5.41) is 13.2. The molecule has 0 amide bonds. The van der Waals surface area contributed by atoms with Crippen LogP contribution in [-0.4, -0.2) is 31.5 Å². The molecule has 1 saturated carbocycles. The first-order chi connectivity index (χ1) is 9.35. The molecule has 0 radical (unpaired) electrons. The Morgan fingerprint density at radius 2 is 2.00 bits per heavy atom. The van der Waals surface area contributed by atoms with Crippen LogP contribution in [0.5, 0.6) is 0 Å². The summed E-state index contributed by atoms with van der Waals surface area (Å²) in [7, 11) is 1.74. The third kappa shape index (κ3) is 4.03. The van der Waals surface area contributed by atoms with E-state index in [1.54, 1.807) is 7.11 Å². The van der Waals surface area contributed by atoms with Crippen molar-refractivity contribution >= 4 is 0 Å². The first kappa shape index (κ1) is 14.5. The fraction of sp³-hybridized carbons (Fsp3) is 0.625. The van der Waals surface area contributed by atoms with Crippen molar-refractivity contribution in [3.63, 3.8) is 0 Å². The predicted octanol–water partition coefficient (Wildman–Crippen LogP) is 2.51. The molecule has 106 valence electrons. The summed E-state index contributed by atoms with van der Waals surface area (Å²) < 4.78 is 5.34. The van der Waals surface area contributed by atoms with Gasteiger partial charge in [-0.25, -0.2) is 0 Å². The second kappa shape index (κ2) is 7.63. The van der Waals surface area contributed by atoms with E-state index < -0.39 is 0 Å². The fourth-order valence-electron chi connectivity index (χ4n) is 3.00. The largest absolute Gasteiger partial charge is 0.396 e. The van der Waals surface area contributed by atoms with Gasteiger partial charge in [-0.2, -0.15) is 0 Å². The second-order valence-corrected chi connectivity index (χ2v) is 5.42. The van der Waals surface area contributed by atoms with Gasteiger partial charge in [0.15, 0.2) is 0 Å². The summed E-state index contributed by atoms with van der Waals surface area (Å²) in [4.78, 5) is 0. The lowest BCUT2D eigenvalue weighted by Gasteiger charge is -2.34. The van der Waals surface area contributed by atoms with Gasteiger partial charge in [0.1, 0.15) is 0 Å². The highest BCUT2D eigenvalue weighted by Gasteiger charge is 2.26. The monoisotopic (exact) mass is 263 g/mol. The minimum Gasteiger partial charge on any atom is -0.396 e. The van der Waals surface area contributed by atoms with Crippen LogP contribution in [0.15, 0.2) is 30.3 Å². The highest BCUT2D eigenvalue weighted by molar-refractivity contribution is 5.19. The lowest BCUT2D eigenvalue weighted by Crippen LogP contribution is -2.43. The fourth-order valence-corrected chi connectivity index (χ4v) is 3.00. The van der Waals surface area contributed by atoms with Crippen LogP contribution in [0.1, 0.15) is 37.3 Å². The van der Waals surface area contributed by atoms with Crippen molar-refractivity contribution in [3.05, 3.63) is 35.9 Å². The number of hydrogen-bond donors (Lipinski definition) is 2. The van der Waals surface area contributed by atoms with Crippen LogP contribution in [0.4, 0.5) is 0 Å². The average molecular weight is 263 g/mol. The summed E-state index contributed by atoms with van der Waals surface area (Å²) in [5.41, 5.74) is 1.26. The second-order valence-electron chi connectivity index (χ2n) is 5.42. The zero-order chi connectivity index (χ0) is 13.5. The Hall–Kier alpha value is -0.900. The molecule has 1 aliphatic carbocycles. The lowest BCUT2D eigenvalue weighted by molar-refractivity contribution is 0.118. The Kier molecular flexibility index (Phi) is 5.83. The Balaban J connectivity index is 2.03. The van der Waals surface area contributed by atoms with E-state index in [4.69, 9.17) is 4.74 Å². The van der Waals surface area contributed by atoms with Crippen molar-refractivity contribution < 1.29 is 9.84 Å². The molecule has 0 aliphatic heterocycles. The third-order valence-electron chi connectivity index (χ3n) is 4.09. The maximum absolute atomic E-state index is 9.50. The molecule has 3 nitrogen and oxygen atoms in total. The summed E-state index contributed by atoms with van der Waals surface area (Å²) in [6.45, 7) is 0.949. The van der Waals surface area contributed by atoms with Gasteiger partial charge >= 0.3 is 0 Å². The molecule has 1 aliphatic rings. The van der Waals surface area contributed by atoms with Crippen LogP contribution in [0.2, 0.25) is 0 Å². The van der Waals surface area contributed by atoms with Crippen molar-refractivity contribution in [1.29, 1.82) is 0 Å². The van der Waals surface area contributed by atoms with Crippen molar-refractivity contribution in [3.8, 4) is 0 Å². The molecule has 3 atom stereocenters. The predicted molar refractivity (Wildman–Crippen MR) is 77.0 cm³/mol. The number of nitrogens with one attached hydrogen (secondary N) is 1. The number of hydrogen-bond acceptors (Lipinski definition) is 3. The molecule has 0 spiro atoms. The molecule has 0 heterocycles.